The molecule has 0 unspecified atom stereocenters. The molecule has 76 valence electrons. The van der Waals surface area contributed by atoms with E-state index in [-0.39, 0.29) is 16.3 Å². The molecule has 0 aromatic carbocycles. The number of aromatic nitrogens is 1. The molecule has 1 aromatic heterocycles. The second-order valence-electron chi connectivity index (χ2n) is 3.64. The van der Waals surface area contributed by atoms with Gasteiger partial charge >= 0.3 is 0 Å². The third kappa shape index (κ3) is 1.87. The Morgan fingerprint density at radius 1 is 1.50 bits per heavy atom. The predicted molar refractivity (Wildman–Crippen MR) is 53.4 cm³/mol. The van der Waals surface area contributed by atoms with Gasteiger partial charge in [-0.3, -0.25) is 4.98 Å². The van der Waals surface area contributed by atoms with E-state index in [2.05, 4.69) is 4.98 Å². The monoisotopic (exact) mass is 212 g/mol. The average molecular weight is 212 g/mol. The van der Waals surface area contributed by atoms with Crippen LogP contribution >= 0.6 is 0 Å². The molecule has 1 aromatic rings. The maximum absolute atomic E-state index is 11.8. The molecule has 2 rings (SSSR count). The molecule has 1 fully saturated rings. The molecule has 0 spiro atoms. The van der Waals surface area contributed by atoms with Gasteiger partial charge in [0.25, 0.3) is 0 Å². The lowest BCUT2D eigenvalue weighted by Gasteiger charge is -2.05. The van der Waals surface area contributed by atoms with Gasteiger partial charge in [-0.25, -0.2) is 8.42 Å². The fourth-order valence-electron chi connectivity index (χ4n) is 1.36. The van der Waals surface area contributed by atoms with Crippen LogP contribution in [0.3, 0.4) is 0 Å². The van der Waals surface area contributed by atoms with E-state index in [1.807, 2.05) is 0 Å². The summed E-state index contributed by atoms with van der Waals surface area (Å²) in [5.74, 6) is 0.564. The SMILES string of the molecule is Nc1cnccc1S(=O)(=O)CC1CC1. The third-order valence-corrected chi connectivity index (χ3v) is 4.25. The van der Waals surface area contributed by atoms with Gasteiger partial charge in [-0.1, -0.05) is 0 Å². The van der Waals surface area contributed by atoms with Crippen LogP contribution in [0.5, 0.6) is 0 Å². The minimum absolute atomic E-state index is 0.222. The highest BCUT2D eigenvalue weighted by molar-refractivity contribution is 7.91. The van der Waals surface area contributed by atoms with Gasteiger partial charge in [0, 0.05) is 6.20 Å². The van der Waals surface area contributed by atoms with Crippen LogP contribution in [-0.2, 0) is 9.84 Å². The Hall–Kier alpha value is -1.10. The minimum Gasteiger partial charge on any atom is -0.396 e. The molecule has 1 saturated carbocycles. The Morgan fingerprint density at radius 3 is 2.79 bits per heavy atom. The summed E-state index contributed by atoms with van der Waals surface area (Å²) in [7, 11) is -3.19. The lowest BCUT2D eigenvalue weighted by molar-refractivity contribution is 0.592. The van der Waals surface area contributed by atoms with Crippen molar-refractivity contribution in [1.29, 1.82) is 0 Å². The molecule has 14 heavy (non-hydrogen) atoms. The van der Waals surface area contributed by atoms with Crippen LogP contribution in [0.25, 0.3) is 0 Å². The molecule has 0 amide bonds. The fourth-order valence-corrected chi connectivity index (χ4v) is 3.18. The van der Waals surface area contributed by atoms with Crippen LogP contribution in [0.1, 0.15) is 12.8 Å². The quantitative estimate of drug-likeness (QED) is 0.806. The molecule has 0 atom stereocenters. The van der Waals surface area contributed by atoms with Gasteiger partial charge in [-0.2, -0.15) is 0 Å². The van der Waals surface area contributed by atoms with Gasteiger partial charge < -0.3 is 5.73 Å². The number of nitrogens with two attached hydrogens (primary N) is 1. The van der Waals surface area contributed by atoms with Crippen LogP contribution in [-0.4, -0.2) is 19.2 Å². The summed E-state index contributed by atoms with van der Waals surface area (Å²) in [4.78, 5) is 3.99. The highest BCUT2D eigenvalue weighted by Gasteiger charge is 2.29. The highest BCUT2D eigenvalue weighted by Crippen LogP contribution is 2.33. The summed E-state index contributed by atoms with van der Waals surface area (Å²) >= 11 is 0. The van der Waals surface area contributed by atoms with Crippen molar-refractivity contribution in [3.05, 3.63) is 18.5 Å². The van der Waals surface area contributed by atoms with Crippen molar-refractivity contribution < 1.29 is 8.42 Å². The second-order valence-corrected chi connectivity index (χ2v) is 5.64. The number of anilines is 1. The van der Waals surface area contributed by atoms with Gasteiger partial charge in [0.15, 0.2) is 9.84 Å². The molecule has 0 radical (unpaired) electrons. The summed E-state index contributed by atoms with van der Waals surface area (Å²) in [6.45, 7) is 0. The molecule has 0 bridgehead atoms. The molecule has 5 heteroatoms. The van der Waals surface area contributed by atoms with Crippen molar-refractivity contribution in [2.45, 2.75) is 17.7 Å². The van der Waals surface area contributed by atoms with E-state index in [4.69, 9.17) is 5.73 Å². The van der Waals surface area contributed by atoms with E-state index in [9.17, 15) is 8.42 Å². The minimum atomic E-state index is -3.19. The molecule has 1 aliphatic carbocycles. The first-order valence-corrected chi connectivity index (χ1v) is 6.17. The van der Waals surface area contributed by atoms with Gasteiger partial charge in [0.2, 0.25) is 0 Å². The van der Waals surface area contributed by atoms with Crippen molar-refractivity contribution >= 4 is 15.5 Å². The molecule has 4 nitrogen and oxygen atoms in total. The van der Waals surface area contributed by atoms with Crippen molar-refractivity contribution in [3.63, 3.8) is 0 Å². The summed E-state index contributed by atoms with van der Waals surface area (Å²) < 4.78 is 23.6. The summed E-state index contributed by atoms with van der Waals surface area (Å²) in [6.07, 6.45) is 4.87. The third-order valence-electron chi connectivity index (χ3n) is 2.30. The number of pyridine rings is 1. The first-order chi connectivity index (χ1) is 6.59. The maximum atomic E-state index is 11.8. The van der Waals surface area contributed by atoms with Crippen LogP contribution in [0.2, 0.25) is 0 Å². The maximum Gasteiger partial charge on any atom is 0.180 e. The van der Waals surface area contributed by atoms with E-state index >= 15 is 0 Å². The lowest BCUT2D eigenvalue weighted by atomic mass is 10.4. The zero-order chi connectivity index (χ0) is 10.2. The van der Waals surface area contributed by atoms with Gasteiger partial charge in [-0.15, -0.1) is 0 Å². The number of sulfone groups is 1. The number of nitrogens with zero attached hydrogens (tertiary/aromatic N) is 1. The summed E-state index contributed by atoms with van der Waals surface area (Å²) in [5, 5.41) is 0. The second kappa shape index (κ2) is 3.24. The Kier molecular flexibility index (Phi) is 2.19. The first kappa shape index (κ1) is 9.45. The predicted octanol–water partition coefficient (Wildman–Crippen LogP) is 0.848. The standard InChI is InChI=1S/C9H12N2O2S/c10-8-5-11-4-3-9(8)14(12,13)6-7-1-2-7/h3-5,7H,1-2,6,10H2. The number of hydrogen-bond donors (Lipinski definition) is 1. The number of nitrogen functional groups attached to an aromatic ring is 1. The van der Waals surface area contributed by atoms with E-state index in [0.29, 0.717) is 5.92 Å². The molecule has 1 heterocycles. The lowest BCUT2D eigenvalue weighted by Crippen LogP contribution is -2.10. The molecule has 2 N–H and O–H groups in total. The normalized spacial score (nSPS) is 16.9. The van der Waals surface area contributed by atoms with E-state index in [0.717, 1.165) is 12.8 Å². The Labute approximate surface area is 83.1 Å². The van der Waals surface area contributed by atoms with Gasteiger partial charge in [0.05, 0.1) is 22.5 Å². The van der Waals surface area contributed by atoms with Crippen LogP contribution in [0.15, 0.2) is 23.4 Å². The molecular formula is C9H12N2O2S. The molecule has 0 saturated heterocycles. The Balaban J connectivity index is 2.33. The fraction of sp³-hybridized carbons (Fsp3) is 0.444. The Morgan fingerprint density at radius 2 is 2.21 bits per heavy atom. The van der Waals surface area contributed by atoms with Gasteiger partial charge in [-0.05, 0) is 24.8 Å². The van der Waals surface area contributed by atoms with Crippen molar-refractivity contribution in [2.75, 3.05) is 11.5 Å². The van der Waals surface area contributed by atoms with E-state index in [1.54, 1.807) is 0 Å². The Bertz CT molecular complexity index is 438. The number of hydrogen-bond acceptors (Lipinski definition) is 4. The summed E-state index contributed by atoms with van der Waals surface area (Å²) in [5.41, 5.74) is 5.80. The van der Waals surface area contributed by atoms with Crippen molar-refractivity contribution in [1.82, 2.24) is 4.98 Å². The van der Waals surface area contributed by atoms with E-state index < -0.39 is 9.84 Å². The highest BCUT2D eigenvalue weighted by atomic mass is 32.2. The smallest absolute Gasteiger partial charge is 0.180 e. The van der Waals surface area contributed by atoms with Crippen molar-refractivity contribution in [2.24, 2.45) is 5.92 Å². The molecular weight excluding hydrogens is 200 g/mol. The zero-order valence-corrected chi connectivity index (χ0v) is 8.50. The zero-order valence-electron chi connectivity index (χ0n) is 7.68. The first-order valence-electron chi connectivity index (χ1n) is 4.52. The number of rotatable bonds is 3. The molecule has 1 aliphatic rings. The topological polar surface area (TPSA) is 73.0 Å². The summed E-state index contributed by atoms with van der Waals surface area (Å²) in [6, 6.07) is 1.47. The van der Waals surface area contributed by atoms with Crippen LogP contribution in [0, 0.1) is 5.92 Å². The van der Waals surface area contributed by atoms with E-state index in [1.165, 1.54) is 18.5 Å². The van der Waals surface area contributed by atoms with Crippen LogP contribution in [0.4, 0.5) is 5.69 Å². The van der Waals surface area contributed by atoms with Gasteiger partial charge in [0.1, 0.15) is 0 Å². The average Bonchev–Trinajstić information content (AvgIpc) is 2.88. The van der Waals surface area contributed by atoms with Crippen LogP contribution < -0.4 is 5.73 Å². The van der Waals surface area contributed by atoms with Crippen molar-refractivity contribution in [3.8, 4) is 0 Å². The largest absolute Gasteiger partial charge is 0.396 e. The molecule has 0 aliphatic heterocycles.